The molecule has 0 heterocycles. The van der Waals surface area contributed by atoms with E-state index in [0.29, 0.717) is 11.6 Å². The molecule has 0 amide bonds. The van der Waals surface area contributed by atoms with Gasteiger partial charge in [-0.25, -0.2) is 21.9 Å². The van der Waals surface area contributed by atoms with E-state index in [1.165, 1.54) is 0 Å². The van der Waals surface area contributed by atoms with Crippen molar-refractivity contribution < 1.29 is 27.0 Å². The van der Waals surface area contributed by atoms with E-state index in [0.717, 1.165) is 17.7 Å². The summed E-state index contributed by atoms with van der Waals surface area (Å²) in [5.74, 6) is -1.96. The van der Waals surface area contributed by atoms with E-state index < -0.39 is 32.7 Å². The average molecular weight is 371 g/mol. The minimum atomic E-state index is -4.11. The summed E-state index contributed by atoms with van der Waals surface area (Å²) in [5, 5.41) is 8.93. The van der Waals surface area contributed by atoms with Crippen LogP contribution in [0.15, 0.2) is 47.4 Å². The van der Waals surface area contributed by atoms with Crippen LogP contribution >= 0.6 is 0 Å². The summed E-state index contributed by atoms with van der Waals surface area (Å²) in [6, 6.07) is 9.34. The Labute approximate surface area is 145 Å². The number of aliphatic hydroxyl groups excluding tert-OH is 1. The first-order chi connectivity index (χ1) is 11.8. The second kappa shape index (κ2) is 8.48. The zero-order valence-electron chi connectivity index (χ0n) is 13.6. The summed E-state index contributed by atoms with van der Waals surface area (Å²) < 4.78 is 58.7. The Morgan fingerprint density at radius 2 is 1.72 bits per heavy atom. The minimum Gasteiger partial charge on any atom is -0.394 e. The Balaban J connectivity index is 2.16. The number of benzene rings is 2. The Hall–Kier alpha value is -1.87. The second-order valence-corrected chi connectivity index (χ2v) is 7.22. The van der Waals surface area contributed by atoms with Gasteiger partial charge in [-0.2, -0.15) is 0 Å². The zero-order valence-corrected chi connectivity index (χ0v) is 14.4. The van der Waals surface area contributed by atoms with Crippen LogP contribution in [0.25, 0.3) is 0 Å². The van der Waals surface area contributed by atoms with Crippen LogP contribution in [0.1, 0.15) is 17.2 Å². The van der Waals surface area contributed by atoms with Gasteiger partial charge in [-0.3, -0.25) is 0 Å². The summed E-state index contributed by atoms with van der Waals surface area (Å²) in [4.78, 5) is -0.505. The van der Waals surface area contributed by atoms with Gasteiger partial charge in [0.1, 0.15) is 11.6 Å². The number of hydrogen-bond donors (Lipinski definition) is 2. The molecule has 0 aromatic heterocycles. The number of ether oxygens (including phenoxy) is 1. The first-order valence-electron chi connectivity index (χ1n) is 7.56. The molecule has 25 heavy (non-hydrogen) atoms. The van der Waals surface area contributed by atoms with E-state index in [-0.39, 0.29) is 19.8 Å². The molecule has 5 nitrogen and oxygen atoms in total. The second-order valence-electron chi connectivity index (χ2n) is 5.45. The molecule has 0 aliphatic carbocycles. The van der Waals surface area contributed by atoms with E-state index >= 15 is 0 Å². The molecule has 0 fully saturated rings. The molecular formula is C17H19F2NO4S. The molecule has 2 aromatic carbocycles. The lowest BCUT2D eigenvalue weighted by molar-refractivity contribution is 0.0309. The monoisotopic (exact) mass is 371 g/mol. The van der Waals surface area contributed by atoms with Gasteiger partial charge in [-0.1, -0.05) is 29.8 Å². The quantitative estimate of drug-likeness (QED) is 0.747. The van der Waals surface area contributed by atoms with Crippen molar-refractivity contribution in [3.05, 3.63) is 65.2 Å². The maximum absolute atomic E-state index is 13.2. The van der Waals surface area contributed by atoms with Crippen LogP contribution in [-0.4, -0.2) is 33.3 Å². The van der Waals surface area contributed by atoms with Crippen molar-refractivity contribution in [2.24, 2.45) is 0 Å². The van der Waals surface area contributed by atoms with Crippen molar-refractivity contribution >= 4 is 10.0 Å². The minimum absolute atomic E-state index is 0.0227. The number of nitrogens with one attached hydrogen (secondary N) is 1. The molecule has 2 aromatic rings. The molecule has 136 valence electrons. The number of sulfonamides is 1. The molecule has 0 radical (unpaired) electrons. The molecule has 2 rings (SSSR count). The third-order valence-electron chi connectivity index (χ3n) is 3.46. The standard InChI is InChI=1S/C17H19F2NO4S/c1-12-2-4-13(5-3-12)17(24-7-6-21)11-20-25(22,23)16-9-14(18)8-15(19)10-16/h2-5,8-10,17,20-21H,6-7,11H2,1H3. The molecule has 8 heteroatoms. The summed E-state index contributed by atoms with van der Waals surface area (Å²) in [6.07, 6.45) is -0.652. The van der Waals surface area contributed by atoms with Crippen LogP contribution in [0, 0.1) is 18.6 Å². The van der Waals surface area contributed by atoms with Gasteiger partial charge in [0.25, 0.3) is 0 Å². The molecule has 1 unspecified atom stereocenters. The molecule has 0 spiro atoms. The first kappa shape index (κ1) is 19.5. The SMILES string of the molecule is Cc1ccc(C(CNS(=O)(=O)c2cc(F)cc(F)c2)OCCO)cc1. The van der Waals surface area contributed by atoms with E-state index in [2.05, 4.69) is 4.72 Å². The molecule has 0 aliphatic rings. The van der Waals surface area contributed by atoms with Gasteiger partial charge in [0.15, 0.2) is 0 Å². The van der Waals surface area contributed by atoms with Crippen molar-refractivity contribution in [3.8, 4) is 0 Å². The maximum Gasteiger partial charge on any atom is 0.240 e. The Morgan fingerprint density at radius 3 is 2.28 bits per heavy atom. The predicted octanol–water partition coefficient (Wildman–Crippen LogP) is 2.30. The lowest BCUT2D eigenvalue weighted by atomic mass is 10.1. The van der Waals surface area contributed by atoms with Crippen LogP contribution in [0.3, 0.4) is 0 Å². The van der Waals surface area contributed by atoms with Gasteiger partial charge in [-0.05, 0) is 24.6 Å². The van der Waals surface area contributed by atoms with Gasteiger partial charge < -0.3 is 9.84 Å². The Bertz CT molecular complexity index is 790. The van der Waals surface area contributed by atoms with Crippen LogP contribution in [0.5, 0.6) is 0 Å². The fourth-order valence-corrected chi connectivity index (χ4v) is 3.27. The number of rotatable bonds is 8. The number of halogens is 2. The van der Waals surface area contributed by atoms with Crippen molar-refractivity contribution in [1.82, 2.24) is 4.72 Å². The Kier molecular flexibility index (Phi) is 6.60. The van der Waals surface area contributed by atoms with Gasteiger partial charge in [0.2, 0.25) is 10.0 Å². The average Bonchev–Trinajstić information content (AvgIpc) is 2.55. The molecule has 0 saturated carbocycles. The summed E-state index contributed by atoms with van der Waals surface area (Å²) in [7, 11) is -4.11. The molecule has 0 saturated heterocycles. The van der Waals surface area contributed by atoms with E-state index in [4.69, 9.17) is 9.84 Å². The highest BCUT2D eigenvalue weighted by molar-refractivity contribution is 7.89. The number of hydrogen-bond acceptors (Lipinski definition) is 4. The normalized spacial score (nSPS) is 13.0. The number of aliphatic hydroxyl groups is 1. The van der Waals surface area contributed by atoms with Crippen LogP contribution in [0.2, 0.25) is 0 Å². The first-order valence-corrected chi connectivity index (χ1v) is 9.05. The largest absolute Gasteiger partial charge is 0.394 e. The Morgan fingerprint density at radius 1 is 1.12 bits per heavy atom. The molecule has 0 bridgehead atoms. The molecule has 0 aliphatic heterocycles. The zero-order chi connectivity index (χ0) is 18.4. The smallest absolute Gasteiger partial charge is 0.240 e. The predicted molar refractivity (Wildman–Crippen MR) is 88.5 cm³/mol. The summed E-state index contributed by atoms with van der Waals surface area (Å²) >= 11 is 0. The van der Waals surface area contributed by atoms with Gasteiger partial charge in [-0.15, -0.1) is 0 Å². The third-order valence-corrected chi connectivity index (χ3v) is 4.87. The fraction of sp³-hybridized carbons (Fsp3) is 0.294. The van der Waals surface area contributed by atoms with Crippen LogP contribution in [-0.2, 0) is 14.8 Å². The molecule has 1 atom stereocenters. The van der Waals surface area contributed by atoms with Gasteiger partial charge >= 0.3 is 0 Å². The molecular weight excluding hydrogens is 352 g/mol. The molecule has 2 N–H and O–H groups in total. The third kappa shape index (κ3) is 5.57. The van der Waals surface area contributed by atoms with E-state index in [9.17, 15) is 17.2 Å². The van der Waals surface area contributed by atoms with Crippen molar-refractivity contribution in [2.75, 3.05) is 19.8 Å². The van der Waals surface area contributed by atoms with Crippen LogP contribution < -0.4 is 4.72 Å². The van der Waals surface area contributed by atoms with E-state index in [1.54, 1.807) is 12.1 Å². The highest BCUT2D eigenvalue weighted by atomic mass is 32.2. The van der Waals surface area contributed by atoms with Crippen LogP contribution in [0.4, 0.5) is 8.78 Å². The maximum atomic E-state index is 13.2. The topological polar surface area (TPSA) is 75.6 Å². The highest BCUT2D eigenvalue weighted by Gasteiger charge is 2.20. The van der Waals surface area contributed by atoms with Crippen molar-refractivity contribution in [1.29, 1.82) is 0 Å². The lowest BCUT2D eigenvalue weighted by Crippen LogP contribution is -2.30. The summed E-state index contributed by atoms with van der Waals surface area (Å²) in [5.41, 5.74) is 1.74. The van der Waals surface area contributed by atoms with Gasteiger partial charge in [0.05, 0.1) is 24.2 Å². The lowest BCUT2D eigenvalue weighted by Gasteiger charge is -2.19. The van der Waals surface area contributed by atoms with Crippen molar-refractivity contribution in [3.63, 3.8) is 0 Å². The fourth-order valence-electron chi connectivity index (χ4n) is 2.20. The highest BCUT2D eigenvalue weighted by Crippen LogP contribution is 2.19. The van der Waals surface area contributed by atoms with Crippen molar-refractivity contribution in [2.45, 2.75) is 17.9 Å². The number of aryl methyl sites for hydroxylation is 1. The van der Waals surface area contributed by atoms with E-state index in [1.807, 2.05) is 19.1 Å². The summed E-state index contributed by atoms with van der Waals surface area (Å²) in [6.45, 7) is 1.57. The van der Waals surface area contributed by atoms with Gasteiger partial charge in [0, 0.05) is 12.6 Å².